The second-order valence-corrected chi connectivity index (χ2v) is 11.5. The third kappa shape index (κ3) is 5.11. The predicted molar refractivity (Wildman–Crippen MR) is 129 cm³/mol. The topological polar surface area (TPSA) is 126 Å². The Morgan fingerprint density at radius 3 is 2.29 bits per heavy atom. The van der Waals surface area contributed by atoms with Crippen molar-refractivity contribution in [2.45, 2.75) is 29.6 Å². The summed E-state index contributed by atoms with van der Waals surface area (Å²) >= 11 is 0. The van der Waals surface area contributed by atoms with Crippen LogP contribution in [0.2, 0.25) is 0 Å². The Labute approximate surface area is 198 Å². The van der Waals surface area contributed by atoms with Crippen LogP contribution in [0.15, 0.2) is 76.7 Å². The lowest BCUT2D eigenvalue weighted by molar-refractivity contribution is 0.102. The third-order valence-corrected chi connectivity index (χ3v) is 8.87. The summed E-state index contributed by atoms with van der Waals surface area (Å²) in [5, 5.41) is 2.68. The van der Waals surface area contributed by atoms with Crippen molar-refractivity contribution in [2.75, 3.05) is 23.1 Å². The van der Waals surface area contributed by atoms with Crippen molar-refractivity contribution in [1.29, 1.82) is 0 Å². The fourth-order valence-corrected chi connectivity index (χ4v) is 6.40. The van der Waals surface area contributed by atoms with Gasteiger partial charge in [-0.15, -0.1) is 0 Å². The Kier molecular flexibility index (Phi) is 6.69. The number of hydrogen-bond donors (Lipinski definition) is 2. The zero-order valence-electron chi connectivity index (χ0n) is 18.4. The van der Waals surface area contributed by atoms with Crippen LogP contribution in [-0.2, 0) is 20.0 Å². The number of nitrogens with one attached hydrogen (secondary N) is 2. The highest BCUT2D eigenvalue weighted by Gasteiger charge is 2.29. The summed E-state index contributed by atoms with van der Waals surface area (Å²) in [7, 11) is -7.51. The molecule has 4 rings (SSSR count). The molecule has 2 aromatic carbocycles. The molecule has 1 aliphatic rings. The second-order valence-electron chi connectivity index (χ2n) is 7.89. The van der Waals surface area contributed by atoms with Gasteiger partial charge in [0.1, 0.15) is 5.82 Å². The Hall–Kier alpha value is -3.28. The number of amides is 1. The number of sulfonamides is 2. The van der Waals surface area contributed by atoms with Gasteiger partial charge in [0.05, 0.1) is 9.79 Å². The van der Waals surface area contributed by atoms with Crippen molar-refractivity contribution < 1.29 is 21.6 Å². The summed E-state index contributed by atoms with van der Waals surface area (Å²) in [5.41, 5.74) is 1.13. The standard InChI is InChI=1S/C23H24N4O5S2/c1-17-7-8-18(16-21(17)34(31,32)27-14-4-5-15-27)23(28)25-19-9-11-20(12-10-19)33(29,30)26-22-6-2-3-13-24-22/h2-3,6-13,16H,4-5,14-15H2,1H3,(H,24,26)(H,25,28). The number of nitrogens with zero attached hydrogens (tertiary/aromatic N) is 2. The molecule has 2 heterocycles. The van der Waals surface area contributed by atoms with Crippen molar-refractivity contribution in [3.63, 3.8) is 0 Å². The Morgan fingerprint density at radius 1 is 0.941 bits per heavy atom. The number of anilines is 2. The van der Waals surface area contributed by atoms with E-state index in [9.17, 15) is 21.6 Å². The predicted octanol–water partition coefficient (Wildman–Crippen LogP) is 3.23. The molecular formula is C23H24N4O5S2. The molecule has 0 atom stereocenters. The second kappa shape index (κ2) is 9.53. The number of carbonyl (C=O) groups excluding carboxylic acids is 1. The van der Waals surface area contributed by atoms with Gasteiger partial charge in [0.25, 0.3) is 15.9 Å². The Bertz CT molecular complexity index is 1400. The molecule has 178 valence electrons. The first kappa shape index (κ1) is 23.9. The van der Waals surface area contributed by atoms with Gasteiger partial charge in [-0.2, -0.15) is 4.31 Å². The first-order valence-corrected chi connectivity index (χ1v) is 13.6. The van der Waals surface area contributed by atoms with Crippen molar-refractivity contribution in [3.8, 4) is 0 Å². The van der Waals surface area contributed by atoms with Crippen molar-refractivity contribution in [2.24, 2.45) is 0 Å². The minimum Gasteiger partial charge on any atom is -0.322 e. The molecular weight excluding hydrogens is 476 g/mol. The lowest BCUT2D eigenvalue weighted by atomic mass is 10.1. The highest BCUT2D eigenvalue weighted by molar-refractivity contribution is 7.92. The number of hydrogen-bond acceptors (Lipinski definition) is 6. The fraction of sp³-hybridized carbons (Fsp3) is 0.217. The molecule has 0 saturated carbocycles. The van der Waals surface area contributed by atoms with Gasteiger partial charge in [-0.25, -0.2) is 21.8 Å². The highest BCUT2D eigenvalue weighted by Crippen LogP contribution is 2.25. The van der Waals surface area contributed by atoms with Gasteiger partial charge in [0.15, 0.2) is 0 Å². The minimum atomic E-state index is -3.84. The van der Waals surface area contributed by atoms with Crippen molar-refractivity contribution in [1.82, 2.24) is 9.29 Å². The normalized spacial score (nSPS) is 14.6. The molecule has 0 aliphatic carbocycles. The van der Waals surface area contributed by atoms with Gasteiger partial charge in [0.2, 0.25) is 10.0 Å². The van der Waals surface area contributed by atoms with E-state index in [0.717, 1.165) is 12.8 Å². The zero-order valence-corrected chi connectivity index (χ0v) is 20.1. The van der Waals surface area contributed by atoms with Crippen LogP contribution in [0.5, 0.6) is 0 Å². The van der Waals surface area contributed by atoms with Gasteiger partial charge in [0, 0.05) is 30.5 Å². The SMILES string of the molecule is Cc1ccc(C(=O)Nc2ccc(S(=O)(=O)Nc3ccccn3)cc2)cc1S(=O)(=O)N1CCCC1. The van der Waals surface area contributed by atoms with E-state index in [4.69, 9.17) is 0 Å². The molecule has 0 unspecified atom stereocenters. The third-order valence-electron chi connectivity index (χ3n) is 5.46. The summed E-state index contributed by atoms with van der Waals surface area (Å²) < 4.78 is 54.8. The molecule has 1 fully saturated rings. The van der Waals surface area contributed by atoms with Crippen LogP contribution in [-0.4, -0.2) is 45.1 Å². The maximum atomic E-state index is 13.0. The lowest BCUT2D eigenvalue weighted by Crippen LogP contribution is -2.28. The van der Waals surface area contributed by atoms with E-state index in [1.165, 1.54) is 46.9 Å². The number of aromatic nitrogens is 1. The van der Waals surface area contributed by atoms with E-state index in [-0.39, 0.29) is 21.2 Å². The average molecular weight is 501 g/mol. The van der Waals surface area contributed by atoms with Gasteiger partial charge in [-0.1, -0.05) is 12.1 Å². The van der Waals surface area contributed by atoms with Crippen molar-refractivity contribution >= 4 is 37.5 Å². The van der Waals surface area contributed by atoms with E-state index in [1.54, 1.807) is 31.2 Å². The molecule has 1 amide bonds. The van der Waals surface area contributed by atoms with E-state index in [2.05, 4.69) is 15.0 Å². The Morgan fingerprint density at radius 2 is 1.65 bits per heavy atom. The smallest absolute Gasteiger partial charge is 0.263 e. The molecule has 0 spiro atoms. The van der Waals surface area contributed by atoms with Gasteiger partial charge in [-0.3, -0.25) is 9.52 Å². The maximum Gasteiger partial charge on any atom is 0.263 e. The fourth-order valence-electron chi connectivity index (χ4n) is 3.63. The summed E-state index contributed by atoms with van der Waals surface area (Å²) in [5.74, 6) is -0.306. The van der Waals surface area contributed by atoms with E-state index in [0.29, 0.717) is 24.3 Å². The summed E-state index contributed by atoms with van der Waals surface area (Å²) in [6.45, 7) is 2.65. The first-order chi connectivity index (χ1) is 16.2. The van der Waals surface area contributed by atoms with Crippen LogP contribution < -0.4 is 10.0 Å². The number of rotatable bonds is 7. The van der Waals surface area contributed by atoms with Gasteiger partial charge < -0.3 is 5.32 Å². The Balaban J connectivity index is 1.50. The van der Waals surface area contributed by atoms with E-state index < -0.39 is 26.0 Å². The molecule has 2 N–H and O–H groups in total. The minimum absolute atomic E-state index is 0.00507. The van der Waals surface area contributed by atoms with Gasteiger partial charge in [-0.05, 0) is 73.9 Å². The van der Waals surface area contributed by atoms with E-state index >= 15 is 0 Å². The van der Waals surface area contributed by atoms with Crippen LogP contribution in [0.3, 0.4) is 0 Å². The number of aryl methyl sites for hydroxylation is 1. The molecule has 9 nitrogen and oxygen atoms in total. The van der Waals surface area contributed by atoms with Gasteiger partial charge >= 0.3 is 0 Å². The summed E-state index contributed by atoms with van der Waals surface area (Å²) in [4.78, 5) is 16.9. The molecule has 0 bridgehead atoms. The van der Waals surface area contributed by atoms with Crippen molar-refractivity contribution in [3.05, 3.63) is 78.0 Å². The number of pyridine rings is 1. The number of carbonyl (C=O) groups is 1. The zero-order chi connectivity index (χ0) is 24.3. The monoisotopic (exact) mass is 500 g/mol. The first-order valence-electron chi connectivity index (χ1n) is 10.6. The largest absolute Gasteiger partial charge is 0.322 e. The number of benzene rings is 2. The quantitative estimate of drug-likeness (QED) is 0.513. The molecule has 1 aliphatic heterocycles. The maximum absolute atomic E-state index is 13.0. The van der Waals surface area contributed by atoms with E-state index in [1.807, 2.05) is 0 Å². The van der Waals surface area contributed by atoms with Crippen LogP contribution >= 0.6 is 0 Å². The molecule has 0 radical (unpaired) electrons. The average Bonchev–Trinajstić information content (AvgIpc) is 3.36. The molecule has 1 aromatic heterocycles. The summed E-state index contributed by atoms with van der Waals surface area (Å²) in [6, 6.07) is 15.1. The van der Waals surface area contributed by atoms with Crippen LogP contribution in [0.25, 0.3) is 0 Å². The van der Waals surface area contributed by atoms with Crippen LogP contribution in [0.4, 0.5) is 11.5 Å². The summed E-state index contributed by atoms with van der Waals surface area (Å²) in [6.07, 6.45) is 3.12. The van der Waals surface area contributed by atoms with Crippen LogP contribution in [0.1, 0.15) is 28.8 Å². The highest BCUT2D eigenvalue weighted by atomic mass is 32.2. The van der Waals surface area contributed by atoms with Crippen LogP contribution in [0, 0.1) is 6.92 Å². The molecule has 11 heteroatoms. The molecule has 3 aromatic rings. The lowest BCUT2D eigenvalue weighted by Gasteiger charge is -2.18. The molecule has 34 heavy (non-hydrogen) atoms. The molecule has 1 saturated heterocycles.